The average molecular weight is 480 g/mol. The van der Waals surface area contributed by atoms with Crippen molar-refractivity contribution in [3.63, 3.8) is 0 Å². The standard InChI is InChI=1S/C24H21N3O6S/c1-14-3-4-16(23(28)26-18-6-7-18)12-19(14)15-5-8-20-17(11-15)13-25-27(20)34(30,31)22-10-9-21(33-22)24(29)32-2/h3-5,8-13,18H,6-7H2,1-2H3,(H,26,28). The third-order valence-corrected chi connectivity index (χ3v) is 7.18. The van der Waals surface area contributed by atoms with Crippen molar-refractivity contribution >= 4 is 32.8 Å². The highest BCUT2D eigenvalue weighted by molar-refractivity contribution is 7.89. The molecule has 0 radical (unpaired) electrons. The van der Waals surface area contributed by atoms with Crippen LogP contribution in [0.25, 0.3) is 22.0 Å². The predicted octanol–water partition coefficient (Wildman–Crippen LogP) is 3.52. The molecule has 5 rings (SSSR count). The number of carbonyl (C=O) groups excluding carboxylic acids is 2. The Morgan fingerprint density at radius 2 is 1.91 bits per heavy atom. The molecule has 2 heterocycles. The molecule has 2 aromatic carbocycles. The molecular weight excluding hydrogens is 458 g/mol. The van der Waals surface area contributed by atoms with Crippen LogP contribution in [0.15, 0.2) is 64.2 Å². The Balaban J connectivity index is 1.50. The summed E-state index contributed by atoms with van der Waals surface area (Å²) in [6.07, 6.45) is 3.46. The van der Waals surface area contributed by atoms with Gasteiger partial charge in [-0.25, -0.2) is 4.79 Å². The minimum absolute atomic E-state index is 0.103. The first kappa shape index (κ1) is 21.9. The van der Waals surface area contributed by atoms with Crippen molar-refractivity contribution in [2.45, 2.75) is 30.9 Å². The summed E-state index contributed by atoms with van der Waals surface area (Å²) < 4.78 is 36.7. The summed E-state index contributed by atoms with van der Waals surface area (Å²) in [4.78, 5) is 24.1. The molecule has 0 atom stereocenters. The predicted molar refractivity (Wildman–Crippen MR) is 123 cm³/mol. The molecule has 1 fully saturated rings. The summed E-state index contributed by atoms with van der Waals surface area (Å²) >= 11 is 0. The van der Waals surface area contributed by atoms with Crippen molar-refractivity contribution in [3.05, 3.63) is 71.6 Å². The summed E-state index contributed by atoms with van der Waals surface area (Å²) in [5.41, 5.74) is 3.60. The lowest BCUT2D eigenvalue weighted by Crippen LogP contribution is -2.25. The first-order valence-corrected chi connectivity index (χ1v) is 12.1. The molecule has 0 bridgehead atoms. The van der Waals surface area contributed by atoms with Crippen molar-refractivity contribution in [3.8, 4) is 11.1 Å². The smallest absolute Gasteiger partial charge is 0.374 e. The van der Waals surface area contributed by atoms with Gasteiger partial charge in [-0.15, -0.1) is 0 Å². The van der Waals surface area contributed by atoms with Crippen LogP contribution in [0.2, 0.25) is 0 Å². The van der Waals surface area contributed by atoms with Crippen LogP contribution in [0, 0.1) is 6.92 Å². The Morgan fingerprint density at radius 3 is 2.65 bits per heavy atom. The van der Waals surface area contributed by atoms with Crippen molar-refractivity contribution in [1.29, 1.82) is 0 Å². The molecule has 1 saturated carbocycles. The third kappa shape index (κ3) is 3.86. The van der Waals surface area contributed by atoms with Gasteiger partial charge in [0.05, 0.1) is 18.8 Å². The van der Waals surface area contributed by atoms with Gasteiger partial charge in [0.25, 0.3) is 5.91 Å². The number of amides is 1. The molecule has 0 saturated heterocycles. The molecule has 4 aromatic rings. The molecule has 10 heteroatoms. The number of hydrogen-bond donors (Lipinski definition) is 1. The number of fused-ring (bicyclic) bond motifs is 1. The van der Waals surface area contributed by atoms with E-state index in [1.807, 2.05) is 25.1 Å². The Hall–Kier alpha value is -3.92. The second-order valence-corrected chi connectivity index (χ2v) is 9.85. The maximum Gasteiger partial charge on any atom is 0.374 e. The van der Waals surface area contributed by atoms with Crippen LogP contribution in [0.1, 0.15) is 39.3 Å². The largest absolute Gasteiger partial charge is 0.463 e. The third-order valence-electron chi connectivity index (χ3n) is 5.71. The molecule has 0 aliphatic heterocycles. The number of ether oxygens (including phenoxy) is 1. The summed E-state index contributed by atoms with van der Waals surface area (Å²) in [7, 11) is -3.00. The summed E-state index contributed by atoms with van der Waals surface area (Å²) in [5, 5.41) is 7.20. The number of furan rings is 1. The highest BCUT2D eigenvalue weighted by atomic mass is 32.2. The van der Waals surface area contributed by atoms with Crippen LogP contribution in [-0.2, 0) is 14.8 Å². The van der Waals surface area contributed by atoms with Crippen LogP contribution in [-0.4, -0.2) is 42.6 Å². The molecule has 0 spiro atoms. The maximum absolute atomic E-state index is 13.1. The van der Waals surface area contributed by atoms with E-state index in [4.69, 9.17) is 4.42 Å². The van der Waals surface area contributed by atoms with E-state index in [-0.39, 0.29) is 17.7 Å². The van der Waals surface area contributed by atoms with Gasteiger partial charge < -0.3 is 14.5 Å². The normalized spacial score (nSPS) is 13.7. The Morgan fingerprint density at radius 1 is 1.12 bits per heavy atom. The molecule has 1 aliphatic carbocycles. The van der Waals surface area contributed by atoms with Crippen molar-refractivity contribution in [2.24, 2.45) is 0 Å². The van der Waals surface area contributed by atoms with Gasteiger partial charge in [0.2, 0.25) is 10.9 Å². The van der Waals surface area contributed by atoms with E-state index >= 15 is 0 Å². The van der Waals surface area contributed by atoms with Gasteiger partial charge in [-0.2, -0.15) is 17.6 Å². The number of carbonyl (C=O) groups is 2. The molecule has 9 nitrogen and oxygen atoms in total. The van der Waals surface area contributed by atoms with E-state index in [0.29, 0.717) is 16.5 Å². The summed E-state index contributed by atoms with van der Waals surface area (Å²) in [5.74, 6) is -1.10. The highest BCUT2D eigenvalue weighted by Crippen LogP contribution is 2.30. The van der Waals surface area contributed by atoms with Crippen LogP contribution < -0.4 is 5.32 Å². The maximum atomic E-state index is 13.1. The lowest BCUT2D eigenvalue weighted by Gasteiger charge is -2.10. The van der Waals surface area contributed by atoms with Crippen LogP contribution >= 0.6 is 0 Å². The summed E-state index contributed by atoms with van der Waals surface area (Å²) in [6.45, 7) is 1.95. The first-order chi connectivity index (χ1) is 16.3. The molecule has 0 unspecified atom stereocenters. The molecular formula is C24H21N3O6S. The molecule has 1 amide bonds. The number of methoxy groups -OCH3 is 1. The Labute approximate surface area is 195 Å². The van der Waals surface area contributed by atoms with E-state index in [0.717, 1.165) is 33.6 Å². The molecule has 1 aliphatic rings. The van der Waals surface area contributed by atoms with Gasteiger partial charge in [-0.1, -0.05) is 12.1 Å². The molecule has 174 valence electrons. The van der Waals surface area contributed by atoms with Crippen LogP contribution in [0.3, 0.4) is 0 Å². The summed E-state index contributed by atoms with van der Waals surface area (Å²) in [6, 6.07) is 13.5. The lowest BCUT2D eigenvalue weighted by atomic mass is 9.97. The SMILES string of the molecule is COC(=O)c1ccc(S(=O)(=O)n2ncc3cc(-c4cc(C(=O)NC5CC5)ccc4C)ccc32)o1. The van der Waals surface area contributed by atoms with E-state index in [2.05, 4.69) is 15.2 Å². The number of benzene rings is 2. The zero-order chi connectivity index (χ0) is 24.0. The average Bonchev–Trinajstić information content (AvgIpc) is 3.32. The zero-order valence-electron chi connectivity index (χ0n) is 18.4. The van der Waals surface area contributed by atoms with E-state index < -0.39 is 21.1 Å². The fourth-order valence-corrected chi connectivity index (χ4v) is 4.90. The number of esters is 1. The van der Waals surface area contributed by atoms with Gasteiger partial charge >= 0.3 is 16.0 Å². The van der Waals surface area contributed by atoms with Crippen molar-refractivity contribution in [1.82, 2.24) is 14.5 Å². The second kappa shape index (κ2) is 8.14. The van der Waals surface area contributed by atoms with Crippen molar-refractivity contribution in [2.75, 3.05) is 7.11 Å². The quantitative estimate of drug-likeness (QED) is 0.420. The van der Waals surface area contributed by atoms with Gasteiger partial charge in [0.15, 0.2) is 0 Å². The monoisotopic (exact) mass is 479 g/mol. The number of aromatic nitrogens is 2. The number of nitrogens with zero attached hydrogens (tertiary/aromatic N) is 2. The number of hydrogen-bond acceptors (Lipinski definition) is 7. The lowest BCUT2D eigenvalue weighted by molar-refractivity contribution is 0.0558. The first-order valence-electron chi connectivity index (χ1n) is 10.6. The van der Waals surface area contributed by atoms with Gasteiger partial charge in [-0.3, -0.25) is 4.79 Å². The molecule has 1 N–H and O–H groups in total. The van der Waals surface area contributed by atoms with E-state index in [9.17, 15) is 18.0 Å². The highest BCUT2D eigenvalue weighted by Gasteiger charge is 2.27. The van der Waals surface area contributed by atoms with Crippen LogP contribution in [0.4, 0.5) is 0 Å². The number of rotatable bonds is 6. The fourth-order valence-electron chi connectivity index (χ4n) is 3.69. The zero-order valence-corrected chi connectivity index (χ0v) is 19.3. The van der Waals surface area contributed by atoms with Crippen LogP contribution in [0.5, 0.6) is 0 Å². The van der Waals surface area contributed by atoms with Gasteiger partial charge in [-0.05, 0) is 72.9 Å². The Bertz CT molecular complexity index is 1550. The minimum Gasteiger partial charge on any atom is -0.463 e. The number of nitrogens with one attached hydrogen (secondary N) is 1. The molecule has 34 heavy (non-hydrogen) atoms. The van der Waals surface area contributed by atoms with Gasteiger partial charge in [0.1, 0.15) is 0 Å². The van der Waals surface area contributed by atoms with E-state index in [1.165, 1.54) is 25.4 Å². The fraction of sp³-hybridized carbons (Fsp3) is 0.208. The molecule has 2 aromatic heterocycles. The topological polar surface area (TPSA) is 121 Å². The second-order valence-electron chi connectivity index (χ2n) is 8.15. The van der Waals surface area contributed by atoms with E-state index in [1.54, 1.807) is 18.2 Å². The Kier molecular flexibility index (Phi) is 5.24. The minimum atomic E-state index is -4.17. The number of aryl methyl sites for hydroxylation is 1. The van der Waals surface area contributed by atoms with Crippen molar-refractivity contribution < 1.29 is 27.2 Å². The van der Waals surface area contributed by atoms with Gasteiger partial charge in [0, 0.05) is 17.0 Å².